The van der Waals surface area contributed by atoms with Gasteiger partial charge in [0.15, 0.2) is 0 Å². The van der Waals surface area contributed by atoms with Crippen molar-refractivity contribution in [2.24, 2.45) is 11.7 Å². The predicted octanol–water partition coefficient (Wildman–Crippen LogP) is 2.11. The molecule has 6 nitrogen and oxygen atoms in total. The van der Waals surface area contributed by atoms with Crippen molar-refractivity contribution in [3.05, 3.63) is 29.8 Å². The van der Waals surface area contributed by atoms with Gasteiger partial charge < -0.3 is 11.1 Å². The molecule has 0 spiro atoms. The number of piperidine rings is 1. The molecular formula is C19H29N3O3S. The van der Waals surface area contributed by atoms with Gasteiger partial charge in [0.1, 0.15) is 0 Å². The number of amides is 1. The Morgan fingerprint density at radius 1 is 1.23 bits per heavy atom. The van der Waals surface area contributed by atoms with Crippen LogP contribution in [0.4, 0.5) is 0 Å². The third-order valence-electron chi connectivity index (χ3n) is 5.72. The first-order valence-corrected chi connectivity index (χ1v) is 11.0. The van der Waals surface area contributed by atoms with E-state index in [0.29, 0.717) is 24.6 Å². The van der Waals surface area contributed by atoms with E-state index in [4.69, 9.17) is 5.73 Å². The molecule has 26 heavy (non-hydrogen) atoms. The van der Waals surface area contributed by atoms with Crippen LogP contribution in [-0.4, -0.2) is 43.8 Å². The zero-order valence-corrected chi connectivity index (χ0v) is 16.2. The highest BCUT2D eigenvalue weighted by molar-refractivity contribution is 7.89. The fourth-order valence-electron chi connectivity index (χ4n) is 4.12. The number of hydrogen-bond donors (Lipinski definition) is 2. The van der Waals surface area contributed by atoms with Crippen LogP contribution in [0, 0.1) is 5.92 Å². The molecule has 1 aromatic carbocycles. The average molecular weight is 380 g/mol. The van der Waals surface area contributed by atoms with E-state index in [1.807, 2.05) is 6.92 Å². The summed E-state index contributed by atoms with van der Waals surface area (Å²) in [5.74, 6) is 0.0826. The molecule has 2 fully saturated rings. The maximum absolute atomic E-state index is 13.0. The average Bonchev–Trinajstić information content (AvgIpc) is 3.09. The van der Waals surface area contributed by atoms with Crippen LogP contribution in [0.2, 0.25) is 0 Å². The lowest BCUT2D eigenvalue weighted by atomic mass is 10.0. The van der Waals surface area contributed by atoms with Gasteiger partial charge in [0, 0.05) is 24.2 Å². The Hall–Kier alpha value is -1.44. The van der Waals surface area contributed by atoms with Crippen LogP contribution >= 0.6 is 0 Å². The van der Waals surface area contributed by atoms with Crippen LogP contribution in [0.25, 0.3) is 0 Å². The van der Waals surface area contributed by atoms with Crippen LogP contribution < -0.4 is 11.1 Å². The molecule has 3 N–H and O–H groups in total. The number of rotatable bonds is 5. The molecule has 1 heterocycles. The molecule has 0 bridgehead atoms. The summed E-state index contributed by atoms with van der Waals surface area (Å²) in [4.78, 5) is 12.8. The molecule has 0 aromatic heterocycles. The number of nitrogens with one attached hydrogen (secondary N) is 1. The molecule has 3 unspecified atom stereocenters. The van der Waals surface area contributed by atoms with Crippen molar-refractivity contribution >= 4 is 15.9 Å². The molecule has 1 aliphatic heterocycles. The van der Waals surface area contributed by atoms with Crippen LogP contribution in [0.15, 0.2) is 29.2 Å². The number of sulfonamides is 1. The Morgan fingerprint density at radius 3 is 2.77 bits per heavy atom. The van der Waals surface area contributed by atoms with Crippen molar-refractivity contribution < 1.29 is 13.2 Å². The minimum atomic E-state index is -3.58. The second-order valence-corrected chi connectivity index (χ2v) is 9.39. The number of benzene rings is 1. The summed E-state index contributed by atoms with van der Waals surface area (Å²) in [5, 5.41) is 3.04. The molecule has 1 saturated heterocycles. The first kappa shape index (κ1) is 19.3. The maximum Gasteiger partial charge on any atom is 0.251 e. The van der Waals surface area contributed by atoms with E-state index in [1.165, 1.54) is 6.07 Å². The normalized spacial score (nSPS) is 27.4. The first-order valence-electron chi connectivity index (χ1n) is 9.56. The Labute approximate surface area is 156 Å². The van der Waals surface area contributed by atoms with E-state index in [-0.39, 0.29) is 22.9 Å². The Morgan fingerprint density at radius 2 is 2.04 bits per heavy atom. The van der Waals surface area contributed by atoms with Crippen molar-refractivity contribution in [1.82, 2.24) is 9.62 Å². The lowest BCUT2D eigenvalue weighted by Gasteiger charge is -2.32. The number of hydrogen-bond acceptors (Lipinski definition) is 4. The minimum absolute atomic E-state index is 0.00460. The summed E-state index contributed by atoms with van der Waals surface area (Å²) in [6, 6.07) is 6.46. The quantitative estimate of drug-likeness (QED) is 0.819. The highest BCUT2D eigenvalue weighted by Gasteiger charge is 2.32. The molecule has 1 amide bonds. The number of carbonyl (C=O) groups is 1. The van der Waals surface area contributed by atoms with Crippen molar-refractivity contribution in [1.29, 1.82) is 0 Å². The summed E-state index contributed by atoms with van der Waals surface area (Å²) >= 11 is 0. The van der Waals surface area contributed by atoms with Crippen molar-refractivity contribution in [2.45, 2.75) is 62.4 Å². The zero-order chi connectivity index (χ0) is 18.7. The summed E-state index contributed by atoms with van der Waals surface area (Å²) in [6.45, 7) is 3.05. The highest BCUT2D eigenvalue weighted by Crippen LogP contribution is 2.27. The Kier molecular flexibility index (Phi) is 5.99. The third kappa shape index (κ3) is 3.94. The Bertz CT molecular complexity index is 750. The minimum Gasteiger partial charge on any atom is -0.349 e. The molecule has 1 saturated carbocycles. The van der Waals surface area contributed by atoms with Gasteiger partial charge in [-0.3, -0.25) is 4.79 Å². The van der Waals surface area contributed by atoms with Gasteiger partial charge in [-0.15, -0.1) is 0 Å². The van der Waals surface area contributed by atoms with E-state index in [2.05, 4.69) is 5.32 Å². The third-order valence-corrected chi connectivity index (χ3v) is 7.73. The topological polar surface area (TPSA) is 92.5 Å². The van der Waals surface area contributed by atoms with E-state index in [1.54, 1.807) is 22.5 Å². The number of carbonyl (C=O) groups excluding carboxylic acids is 1. The smallest absolute Gasteiger partial charge is 0.251 e. The lowest BCUT2D eigenvalue weighted by molar-refractivity contribution is 0.0928. The van der Waals surface area contributed by atoms with Gasteiger partial charge in [0.2, 0.25) is 10.0 Å². The molecule has 1 aromatic rings. The summed E-state index contributed by atoms with van der Waals surface area (Å²) in [6.07, 6.45) is 5.83. The summed E-state index contributed by atoms with van der Waals surface area (Å²) in [7, 11) is -3.58. The van der Waals surface area contributed by atoms with Gasteiger partial charge in [-0.2, -0.15) is 4.31 Å². The van der Waals surface area contributed by atoms with Gasteiger partial charge in [-0.25, -0.2) is 8.42 Å². The van der Waals surface area contributed by atoms with Crippen LogP contribution in [-0.2, 0) is 10.0 Å². The lowest BCUT2D eigenvalue weighted by Crippen LogP contribution is -2.42. The van der Waals surface area contributed by atoms with Crippen molar-refractivity contribution in [3.63, 3.8) is 0 Å². The predicted molar refractivity (Wildman–Crippen MR) is 101 cm³/mol. The molecule has 144 valence electrons. The molecule has 2 aliphatic rings. The molecule has 7 heteroatoms. The zero-order valence-electron chi connectivity index (χ0n) is 15.4. The molecule has 3 rings (SSSR count). The van der Waals surface area contributed by atoms with Crippen LogP contribution in [0.5, 0.6) is 0 Å². The van der Waals surface area contributed by atoms with E-state index < -0.39 is 10.0 Å². The first-order chi connectivity index (χ1) is 12.4. The number of nitrogens with zero attached hydrogens (tertiary/aromatic N) is 1. The number of nitrogens with two attached hydrogens (primary N) is 1. The Balaban J connectivity index is 1.78. The second kappa shape index (κ2) is 8.06. The summed E-state index contributed by atoms with van der Waals surface area (Å²) in [5.41, 5.74) is 6.17. The fourth-order valence-corrected chi connectivity index (χ4v) is 5.87. The van der Waals surface area contributed by atoms with Gasteiger partial charge in [0.05, 0.1) is 4.90 Å². The molecule has 1 aliphatic carbocycles. The van der Waals surface area contributed by atoms with E-state index in [0.717, 1.165) is 38.5 Å². The van der Waals surface area contributed by atoms with Crippen LogP contribution in [0.1, 0.15) is 55.8 Å². The van der Waals surface area contributed by atoms with Crippen molar-refractivity contribution in [2.75, 3.05) is 13.1 Å². The molecule has 0 radical (unpaired) electrons. The van der Waals surface area contributed by atoms with Gasteiger partial charge in [0.25, 0.3) is 5.91 Å². The highest BCUT2D eigenvalue weighted by atomic mass is 32.2. The SMILES string of the molecule is CC1CCCCN1S(=O)(=O)c1cccc(C(=O)NC2CCCC2CN)c1. The van der Waals surface area contributed by atoms with Gasteiger partial charge in [-0.05, 0) is 63.3 Å². The standard InChI is InChI=1S/C19H29N3O3S/c1-14-6-2-3-11-22(14)26(24,25)17-9-4-7-15(12-17)19(23)21-18-10-5-8-16(18)13-20/h4,7,9,12,14,16,18H,2-3,5-6,8,10-11,13,20H2,1H3,(H,21,23). The van der Waals surface area contributed by atoms with Gasteiger partial charge in [-0.1, -0.05) is 18.9 Å². The fraction of sp³-hybridized carbons (Fsp3) is 0.632. The largest absolute Gasteiger partial charge is 0.349 e. The molecule has 3 atom stereocenters. The van der Waals surface area contributed by atoms with E-state index >= 15 is 0 Å². The molecular weight excluding hydrogens is 350 g/mol. The van der Waals surface area contributed by atoms with Gasteiger partial charge >= 0.3 is 0 Å². The monoisotopic (exact) mass is 379 g/mol. The summed E-state index contributed by atoms with van der Waals surface area (Å²) < 4.78 is 27.6. The van der Waals surface area contributed by atoms with Crippen molar-refractivity contribution in [3.8, 4) is 0 Å². The van der Waals surface area contributed by atoms with E-state index in [9.17, 15) is 13.2 Å². The second-order valence-electron chi connectivity index (χ2n) is 7.50. The maximum atomic E-state index is 13.0. The van der Waals surface area contributed by atoms with Crippen LogP contribution in [0.3, 0.4) is 0 Å².